The Morgan fingerprint density at radius 3 is 2.67 bits per heavy atom. The van der Waals surface area contributed by atoms with Gasteiger partial charge in [-0.2, -0.15) is 4.31 Å². The van der Waals surface area contributed by atoms with Crippen LogP contribution in [0.3, 0.4) is 0 Å². The smallest absolute Gasteiger partial charge is 0.212 e. The van der Waals surface area contributed by atoms with Gasteiger partial charge in [0.1, 0.15) is 0 Å². The van der Waals surface area contributed by atoms with Gasteiger partial charge in [-0.1, -0.05) is 19.8 Å². The van der Waals surface area contributed by atoms with E-state index in [2.05, 4.69) is 6.92 Å². The van der Waals surface area contributed by atoms with Crippen LogP contribution in [-0.4, -0.2) is 36.9 Å². The molecule has 1 aliphatic rings. The average Bonchev–Trinajstić information content (AvgIpc) is 2.42. The molecule has 1 aliphatic heterocycles. The van der Waals surface area contributed by atoms with E-state index in [9.17, 15) is 8.42 Å². The monoisotopic (exact) mass is 253 g/mol. The molecule has 0 saturated carbocycles. The Morgan fingerprint density at radius 2 is 2.07 bits per heavy atom. The van der Waals surface area contributed by atoms with E-state index in [1.54, 1.807) is 4.31 Å². The van der Waals surface area contributed by atoms with E-state index in [1.807, 2.05) is 0 Å². The predicted octanol–water partition coefficient (Wildman–Crippen LogP) is 2.21. The van der Waals surface area contributed by atoms with Crippen LogP contribution in [0.25, 0.3) is 0 Å². The molecule has 0 N–H and O–H groups in total. The summed E-state index contributed by atoms with van der Waals surface area (Å²) in [5.41, 5.74) is 0. The second-order valence-corrected chi connectivity index (χ2v) is 6.45. The summed E-state index contributed by atoms with van der Waals surface area (Å²) in [5.74, 6) is 0.264. The van der Waals surface area contributed by atoms with E-state index in [0.29, 0.717) is 6.54 Å². The van der Waals surface area contributed by atoms with Crippen LogP contribution in [0.1, 0.15) is 39.0 Å². The van der Waals surface area contributed by atoms with Gasteiger partial charge in [0.25, 0.3) is 0 Å². The van der Waals surface area contributed by atoms with Crippen molar-refractivity contribution in [3.8, 4) is 0 Å². The summed E-state index contributed by atoms with van der Waals surface area (Å²) in [4.78, 5) is 0. The SMILES string of the molecule is CCC1CCCCCN1S(=O)(=O)CCCl. The van der Waals surface area contributed by atoms with Crippen molar-refractivity contribution in [3.05, 3.63) is 0 Å². The first kappa shape index (κ1) is 13.3. The number of hydrogen-bond donors (Lipinski definition) is 0. The lowest BCUT2D eigenvalue weighted by molar-refractivity contribution is 0.315. The van der Waals surface area contributed by atoms with Crippen LogP contribution in [-0.2, 0) is 10.0 Å². The summed E-state index contributed by atoms with van der Waals surface area (Å²) in [5, 5.41) is 0. The number of sulfonamides is 1. The largest absolute Gasteiger partial charge is 0.215 e. The molecular formula is C10H20ClNO2S. The quantitative estimate of drug-likeness (QED) is 0.721. The molecule has 0 aromatic rings. The van der Waals surface area contributed by atoms with Crippen LogP contribution < -0.4 is 0 Å². The molecule has 0 aliphatic carbocycles. The van der Waals surface area contributed by atoms with Crippen LogP contribution in [0, 0.1) is 0 Å². The van der Waals surface area contributed by atoms with Crippen LogP contribution in [0.2, 0.25) is 0 Å². The molecule has 0 spiro atoms. The predicted molar refractivity (Wildman–Crippen MR) is 63.8 cm³/mol. The van der Waals surface area contributed by atoms with E-state index in [0.717, 1.165) is 32.1 Å². The van der Waals surface area contributed by atoms with Crippen molar-refractivity contribution in [3.63, 3.8) is 0 Å². The van der Waals surface area contributed by atoms with Crippen molar-refractivity contribution in [2.75, 3.05) is 18.2 Å². The number of hydrogen-bond acceptors (Lipinski definition) is 2. The Morgan fingerprint density at radius 1 is 1.33 bits per heavy atom. The molecular weight excluding hydrogens is 234 g/mol. The standard InChI is InChI=1S/C10H20ClNO2S/c1-2-10-6-4-3-5-8-12(10)15(13,14)9-7-11/h10H,2-9H2,1H3. The van der Waals surface area contributed by atoms with Gasteiger partial charge < -0.3 is 0 Å². The third-order valence-corrected chi connectivity index (χ3v) is 5.32. The highest BCUT2D eigenvalue weighted by Gasteiger charge is 2.29. The lowest BCUT2D eigenvalue weighted by Gasteiger charge is -2.27. The maximum atomic E-state index is 11.9. The second-order valence-electron chi connectivity index (χ2n) is 4.03. The van der Waals surface area contributed by atoms with E-state index < -0.39 is 10.0 Å². The molecule has 0 amide bonds. The highest BCUT2D eigenvalue weighted by atomic mass is 35.5. The summed E-state index contributed by atoms with van der Waals surface area (Å²) in [6, 6.07) is 0.195. The Kier molecular flexibility index (Phi) is 5.36. The maximum Gasteiger partial charge on any atom is 0.215 e. The van der Waals surface area contributed by atoms with Gasteiger partial charge in [-0.05, 0) is 19.3 Å². The zero-order valence-electron chi connectivity index (χ0n) is 9.28. The number of rotatable bonds is 4. The first-order valence-corrected chi connectivity index (χ1v) is 7.81. The Bertz CT molecular complexity index is 279. The van der Waals surface area contributed by atoms with Crippen molar-refractivity contribution in [2.24, 2.45) is 0 Å². The summed E-state index contributed by atoms with van der Waals surface area (Å²) in [6.07, 6.45) is 5.17. The Hall–Kier alpha value is 0.200. The molecule has 1 saturated heterocycles. The highest BCUT2D eigenvalue weighted by Crippen LogP contribution is 2.22. The van der Waals surface area contributed by atoms with Gasteiger partial charge in [-0.25, -0.2) is 8.42 Å². The molecule has 0 bridgehead atoms. The third-order valence-electron chi connectivity index (χ3n) is 2.99. The van der Waals surface area contributed by atoms with E-state index >= 15 is 0 Å². The lowest BCUT2D eigenvalue weighted by Crippen LogP contribution is -2.41. The summed E-state index contributed by atoms with van der Waals surface area (Å²) >= 11 is 5.53. The van der Waals surface area contributed by atoms with E-state index in [-0.39, 0.29) is 17.7 Å². The summed E-state index contributed by atoms with van der Waals surface area (Å²) in [7, 11) is -3.12. The molecule has 5 heteroatoms. The molecule has 0 aromatic carbocycles. The van der Waals surface area contributed by atoms with Crippen LogP contribution >= 0.6 is 11.6 Å². The van der Waals surface area contributed by atoms with Crippen LogP contribution in [0.4, 0.5) is 0 Å². The molecule has 1 atom stereocenters. The fraction of sp³-hybridized carbons (Fsp3) is 1.00. The molecule has 1 fully saturated rings. The van der Waals surface area contributed by atoms with Crippen molar-refractivity contribution in [1.29, 1.82) is 0 Å². The van der Waals surface area contributed by atoms with Gasteiger partial charge in [0.15, 0.2) is 0 Å². The molecule has 1 rings (SSSR count). The van der Waals surface area contributed by atoms with Gasteiger partial charge in [-0.3, -0.25) is 0 Å². The minimum Gasteiger partial charge on any atom is -0.212 e. The third kappa shape index (κ3) is 3.61. The maximum absolute atomic E-state index is 11.9. The summed E-state index contributed by atoms with van der Waals surface area (Å²) < 4.78 is 25.6. The lowest BCUT2D eigenvalue weighted by atomic mass is 10.1. The van der Waals surface area contributed by atoms with Gasteiger partial charge in [-0.15, -0.1) is 11.6 Å². The van der Waals surface area contributed by atoms with Gasteiger partial charge in [0.2, 0.25) is 10.0 Å². The van der Waals surface area contributed by atoms with Crippen molar-refractivity contribution in [1.82, 2.24) is 4.31 Å². The summed E-state index contributed by atoms with van der Waals surface area (Å²) in [6.45, 7) is 2.73. The van der Waals surface area contributed by atoms with Gasteiger partial charge in [0, 0.05) is 18.5 Å². The van der Waals surface area contributed by atoms with Crippen molar-refractivity contribution >= 4 is 21.6 Å². The Balaban J connectivity index is 2.78. The van der Waals surface area contributed by atoms with E-state index in [1.165, 1.54) is 0 Å². The fourth-order valence-corrected chi connectivity index (χ4v) is 4.27. The van der Waals surface area contributed by atoms with Crippen molar-refractivity contribution in [2.45, 2.75) is 45.1 Å². The molecule has 1 heterocycles. The molecule has 15 heavy (non-hydrogen) atoms. The van der Waals surface area contributed by atoms with Crippen molar-refractivity contribution < 1.29 is 8.42 Å². The van der Waals surface area contributed by atoms with Gasteiger partial charge in [0.05, 0.1) is 5.75 Å². The molecule has 3 nitrogen and oxygen atoms in total. The molecule has 0 aromatic heterocycles. The highest BCUT2D eigenvalue weighted by molar-refractivity contribution is 7.89. The van der Waals surface area contributed by atoms with Crippen LogP contribution in [0.5, 0.6) is 0 Å². The molecule has 0 radical (unpaired) electrons. The number of alkyl halides is 1. The molecule has 1 unspecified atom stereocenters. The first-order chi connectivity index (χ1) is 7.11. The van der Waals surface area contributed by atoms with Crippen LogP contribution in [0.15, 0.2) is 0 Å². The van der Waals surface area contributed by atoms with E-state index in [4.69, 9.17) is 11.6 Å². The normalized spacial score (nSPS) is 25.1. The number of nitrogens with zero attached hydrogens (tertiary/aromatic N) is 1. The Labute approximate surface area is 97.8 Å². The second kappa shape index (κ2) is 6.06. The zero-order valence-corrected chi connectivity index (χ0v) is 10.9. The fourth-order valence-electron chi connectivity index (χ4n) is 2.14. The topological polar surface area (TPSA) is 37.4 Å². The zero-order chi connectivity index (χ0) is 11.3. The molecule has 90 valence electrons. The van der Waals surface area contributed by atoms with Gasteiger partial charge >= 0.3 is 0 Å². The minimum atomic E-state index is -3.12. The first-order valence-electron chi connectivity index (χ1n) is 5.67. The minimum absolute atomic E-state index is 0.0745. The average molecular weight is 254 g/mol. The number of halogens is 1.